The fourth-order valence-electron chi connectivity index (χ4n) is 1.56. The molecule has 0 aliphatic carbocycles. The van der Waals surface area contributed by atoms with E-state index in [9.17, 15) is 0 Å². The lowest BCUT2D eigenvalue weighted by atomic mass is 10.1. The maximum Gasteiger partial charge on any atom is 0.0714 e. The number of benzene rings is 1. The lowest BCUT2D eigenvalue weighted by Gasteiger charge is -1.98. The van der Waals surface area contributed by atoms with Gasteiger partial charge >= 0.3 is 0 Å². The molecule has 2 rings (SSSR count). The van der Waals surface area contributed by atoms with Crippen LogP contribution in [-0.2, 0) is 0 Å². The summed E-state index contributed by atoms with van der Waals surface area (Å²) < 4.78 is 0. The van der Waals surface area contributed by atoms with Crippen LogP contribution < -0.4 is 5.32 Å². The summed E-state index contributed by atoms with van der Waals surface area (Å²) in [7, 11) is 1.93. The molecule has 16 heavy (non-hydrogen) atoms. The number of hydrogen-bond acceptors (Lipinski definition) is 2. The Hall–Kier alpha value is -1.85. The molecule has 0 saturated heterocycles. The Morgan fingerprint density at radius 1 is 1.25 bits per heavy atom. The van der Waals surface area contributed by atoms with Crippen molar-refractivity contribution in [2.45, 2.75) is 6.42 Å². The average Bonchev–Trinajstić information content (AvgIpc) is 2.35. The van der Waals surface area contributed by atoms with Gasteiger partial charge in [-0.3, -0.25) is 4.98 Å². The highest BCUT2D eigenvalue weighted by atomic mass is 14.8. The van der Waals surface area contributed by atoms with Crippen LogP contribution in [0, 0.1) is 11.8 Å². The first-order valence-electron chi connectivity index (χ1n) is 5.39. The molecule has 0 unspecified atom stereocenters. The molecule has 0 fully saturated rings. The third-order valence-electron chi connectivity index (χ3n) is 2.37. The van der Waals surface area contributed by atoms with Gasteiger partial charge in [-0.05, 0) is 25.2 Å². The van der Waals surface area contributed by atoms with Crippen LogP contribution in [0.5, 0.6) is 0 Å². The molecule has 1 N–H and O–H groups in total. The second-order valence-corrected chi connectivity index (χ2v) is 3.53. The highest BCUT2D eigenvalue weighted by Gasteiger charge is 1.96. The molecule has 0 atom stereocenters. The van der Waals surface area contributed by atoms with Crippen molar-refractivity contribution in [2.75, 3.05) is 13.6 Å². The van der Waals surface area contributed by atoms with Crippen molar-refractivity contribution in [3.63, 3.8) is 0 Å². The Morgan fingerprint density at radius 3 is 3.06 bits per heavy atom. The van der Waals surface area contributed by atoms with Crippen molar-refractivity contribution in [3.05, 3.63) is 42.1 Å². The molecule has 1 aromatic heterocycles. The standard InChI is InChI=1S/C14H14N2/c1-15-10-3-2-6-12-7-4-9-14-13(12)8-5-11-16-14/h4-5,7-9,11,15H,3,10H2,1H3. The number of hydrogen-bond donors (Lipinski definition) is 1. The first kappa shape index (κ1) is 10.7. The van der Waals surface area contributed by atoms with Gasteiger partial charge in [-0.15, -0.1) is 0 Å². The molecule has 0 aliphatic rings. The summed E-state index contributed by atoms with van der Waals surface area (Å²) in [5.41, 5.74) is 2.06. The summed E-state index contributed by atoms with van der Waals surface area (Å²) in [5, 5.41) is 4.20. The molecule has 1 aromatic carbocycles. The van der Waals surface area contributed by atoms with Crippen molar-refractivity contribution >= 4 is 10.9 Å². The fourth-order valence-corrected chi connectivity index (χ4v) is 1.56. The second kappa shape index (κ2) is 5.29. The van der Waals surface area contributed by atoms with Gasteiger partial charge in [-0.1, -0.05) is 24.0 Å². The number of nitrogens with one attached hydrogen (secondary N) is 1. The highest BCUT2D eigenvalue weighted by molar-refractivity contribution is 5.84. The topological polar surface area (TPSA) is 24.9 Å². The van der Waals surface area contributed by atoms with E-state index in [1.54, 1.807) is 6.20 Å². The van der Waals surface area contributed by atoms with Crippen molar-refractivity contribution in [1.82, 2.24) is 10.3 Å². The van der Waals surface area contributed by atoms with E-state index in [4.69, 9.17) is 0 Å². The van der Waals surface area contributed by atoms with Gasteiger partial charge in [-0.2, -0.15) is 0 Å². The molecule has 1 heterocycles. The quantitative estimate of drug-likeness (QED) is 0.607. The van der Waals surface area contributed by atoms with E-state index in [2.05, 4.69) is 28.2 Å². The number of nitrogens with zero attached hydrogens (tertiary/aromatic N) is 1. The summed E-state index contributed by atoms with van der Waals surface area (Å²) >= 11 is 0. The molecule has 2 nitrogen and oxygen atoms in total. The summed E-state index contributed by atoms with van der Waals surface area (Å²) in [6, 6.07) is 10.0. The van der Waals surface area contributed by atoms with Crippen LogP contribution in [0.3, 0.4) is 0 Å². The first-order valence-corrected chi connectivity index (χ1v) is 5.39. The zero-order chi connectivity index (χ0) is 11.2. The van der Waals surface area contributed by atoms with Gasteiger partial charge in [0.1, 0.15) is 0 Å². The van der Waals surface area contributed by atoms with E-state index in [0.29, 0.717) is 0 Å². The third-order valence-corrected chi connectivity index (χ3v) is 2.37. The van der Waals surface area contributed by atoms with E-state index in [-0.39, 0.29) is 0 Å². The average molecular weight is 210 g/mol. The van der Waals surface area contributed by atoms with E-state index in [1.165, 1.54) is 0 Å². The Bertz CT molecular complexity index is 530. The minimum absolute atomic E-state index is 0.868. The normalized spacial score (nSPS) is 9.81. The van der Waals surface area contributed by atoms with Crippen LogP contribution in [0.4, 0.5) is 0 Å². The van der Waals surface area contributed by atoms with E-state index in [0.717, 1.165) is 29.4 Å². The molecule has 80 valence electrons. The molecule has 0 amide bonds. The Morgan fingerprint density at radius 2 is 2.19 bits per heavy atom. The molecule has 0 spiro atoms. The molecule has 2 aromatic rings. The summed E-state index contributed by atoms with van der Waals surface area (Å²) in [5.74, 6) is 6.35. The third kappa shape index (κ3) is 2.39. The molecule has 2 heteroatoms. The molecular formula is C14H14N2. The van der Waals surface area contributed by atoms with E-state index < -0.39 is 0 Å². The van der Waals surface area contributed by atoms with Crippen molar-refractivity contribution < 1.29 is 0 Å². The number of aromatic nitrogens is 1. The van der Waals surface area contributed by atoms with Gasteiger partial charge in [0.05, 0.1) is 5.52 Å². The van der Waals surface area contributed by atoms with Crippen LogP contribution in [0.2, 0.25) is 0 Å². The maximum atomic E-state index is 4.31. The zero-order valence-corrected chi connectivity index (χ0v) is 9.33. The SMILES string of the molecule is CNCCC#Cc1cccc2ncccc12. The summed E-state index contributed by atoms with van der Waals surface area (Å²) in [6.07, 6.45) is 2.67. The predicted octanol–water partition coefficient (Wildman–Crippen LogP) is 2.20. The van der Waals surface area contributed by atoms with Gasteiger partial charge in [0.25, 0.3) is 0 Å². The number of rotatable bonds is 2. The predicted molar refractivity (Wildman–Crippen MR) is 67.2 cm³/mol. The van der Waals surface area contributed by atoms with Crippen LogP contribution in [0.15, 0.2) is 36.5 Å². The Labute approximate surface area is 95.7 Å². The number of pyridine rings is 1. The van der Waals surface area contributed by atoms with Crippen molar-refractivity contribution in [1.29, 1.82) is 0 Å². The van der Waals surface area contributed by atoms with E-state index >= 15 is 0 Å². The molecular weight excluding hydrogens is 196 g/mol. The molecule has 0 bridgehead atoms. The molecule has 0 aliphatic heterocycles. The monoisotopic (exact) mass is 210 g/mol. The number of fused-ring (bicyclic) bond motifs is 1. The Kier molecular flexibility index (Phi) is 3.53. The lowest BCUT2D eigenvalue weighted by molar-refractivity contribution is 0.818. The van der Waals surface area contributed by atoms with Crippen molar-refractivity contribution in [3.8, 4) is 11.8 Å². The zero-order valence-electron chi connectivity index (χ0n) is 9.33. The highest BCUT2D eigenvalue weighted by Crippen LogP contribution is 2.14. The van der Waals surface area contributed by atoms with Gasteiger partial charge < -0.3 is 5.32 Å². The summed E-state index contributed by atoms with van der Waals surface area (Å²) in [6.45, 7) is 0.927. The van der Waals surface area contributed by atoms with Crippen LogP contribution in [-0.4, -0.2) is 18.6 Å². The van der Waals surface area contributed by atoms with Gasteiger partial charge in [-0.25, -0.2) is 0 Å². The maximum absolute atomic E-state index is 4.31. The van der Waals surface area contributed by atoms with Crippen molar-refractivity contribution in [2.24, 2.45) is 0 Å². The largest absolute Gasteiger partial charge is 0.319 e. The lowest BCUT2D eigenvalue weighted by Crippen LogP contribution is -2.05. The molecule has 0 radical (unpaired) electrons. The second-order valence-electron chi connectivity index (χ2n) is 3.53. The molecule has 0 saturated carbocycles. The summed E-state index contributed by atoms with van der Waals surface area (Å²) in [4.78, 5) is 4.31. The van der Waals surface area contributed by atoms with Crippen LogP contribution in [0.1, 0.15) is 12.0 Å². The van der Waals surface area contributed by atoms with E-state index in [1.807, 2.05) is 31.3 Å². The smallest absolute Gasteiger partial charge is 0.0714 e. The minimum Gasteiger partial charge on any atom is -0.319 e. The van der Waals surface area contributed by atoms with Crippen LogP contribution in [0.25, 0.3) is 10.9 Å². The first-order chi connectivity index (χ1) is 7.92. The van der Waals surface area contributed by atoms with Crippen LogP contribution >= 0.6 is 0 Å². The van der Waals surface area contributed by atoms with Gasteiger partial charge in [0.2, 0.25) is 0 Å². The van der Waals surface area contributed by atoms with Gasteiger partial charge in [0, 0.05) is 30.1 Å². The fraction of sp³-hybridized carbons (Fsp3) is 0.214. The minimum atomic E-state index is 0.868. The Balaban J connectivity index is 2.32. The van der Waals surface area contributed by atoms with Gasteiger partial charge in [0.15, 0.2) is 0 Å².